The highest BCUT2D eigenvalue weighted by molar-refractivity contribution is 7.19. The number of nitro benzene ring substituents is 1. The molecule has 0 saturated heterocycles. The van der Waals surface area contributed by atoms with Crippen molar-refractivity contribution < 1.29 is 9.72 Å². The summed E-state index contributed by atoms with van der Waals surface area (Å²) >= 11 is 1.39. The number of hydrogen-bond donors (Lipinski definition) is 1. The number of carbonyl (C=O) groups excluding carboxylic acids is 1. The van der Waals surface area contributed by atoms with Crippen molar-refractivity contribution in [3.8, 4) is 10.6 Å². The molecule has 28 heavy (non-hydrogen) atoms. The third-order valence-corrected chi connectivity index (χ3v) is 5.13. The summed E-state index contributed by atoms with van der Waals surface area (Å²) in [6.07, 6.45) is 0. The highest BCUT2D eigenvalue weighted by atomic mass is 32.1. The van der Waals surface area contributed by atoms with Crippen LogP contribution in [0.3, 0.4) is 0 Å². The number of nitrogens with one attached hydrogen (secondary N) is 1. The van der Waals surface area contributed by atoms with E-state index in [-0.39, 0.29) is 11.3 Å². The number of aryl methyl sites for hydroxylation is 2. The Balaban J connectivity index is 1.60. The van der Waals surface area contributed by atoms with Gasteiger partial charge in [-0.05, 0) is 32.0 Å². The monoisotopic (exact) mass is 394 g/mol. The van der Waals surface area contributed by atoms with E-state index in [1.165, 1.54) is 17.4 Å². The molecule has 1 amide bonds. The molecule has 2 aromatic carbocycles. The molecule has 0 aliphatic rings. The largest absolute Gasteiger partial charge is 0.322 e. The van der Waals surface area contributed by atoms with Gasteiger partial charge in [0.2, 0.25) is 4.96 Å². The normalized spacial score (nSPS) is 10.9. The Morgan fingerprint density at radius 3 is 2.75 bits per heavy atom. The molecule has 0 spiro atoms. The quantitative estimate of drug-likeness (QED) is 0.417. The van der Waals surface area contributed by atoms with Crippen molar-refractivity contribution in [2.24, 2.45) is 0 Å². The maximum Gasteiger partial charge on any atom is 0.273 e. The third-order valence-electron chi connectivity index (χ3n) is 4.18. The lowest BCUT2D eigenvalue weighted by atomic mass is 10.1. The van der Waals surface area contributed by atoms with Crippen molar-refractivity contribution in [3.05, 3.63) is 69.5 Å². The van der Waals surface area contributed by atoms with Gasteiger partial charge < -0.3 is 5.32 Å². The van der Waals surface area contributed by atoms with E-state index in [4.69, 9.17) is 0 Å². The molecule has 4 aromatic rings. The van der Waals surface area contributed by atoms with Gasteiger partial charge in [-0.2, -0.15) is 9.61 Å². The van der Waals surface area contributed by atoms with E-state index < -0.39 is 10.8 Å². The summed E-state index contributed by atoms with van der Waals surface area (Å²) in [5.74, 6) is 0.275. The molecule has 0 atom stereocenters. The lowest BCUT2D eigenvalue weighted by molar-refractivity contribution is -0.385. The Labute approximate surface area is 162 Å². The summed E-state index contributed by atoms with van der Waals surface area (Å²) in [6, 6.07) is 11.6. The van der Waals surface area contributed by atoms with E-state index in [0.29, 0.717) is 22.0 Å². The molecule has 140 valence electrons. The number of rotatable bonds is 4. The number of fused-ring (bicyclic) bond motifs is 1. The molecule has 2 heterocycles. The van der Waals surface area contributed by atoms with Crippen LogP contribution in [-0.4, -0.2) is 30.6 Å². The zero-order chi connectivity index (χ0) is 19.8. The minimum Gasteiger partial charge on any atom is -0.322 e. The van der Waals surface area contributed by atoms with Gasteiger partial charge in [-0.15, -0.1) is 10.2 Å². The lowest BCUT2D eigenvalue weighted by Gasteiger charge is -2.07. The second kappa shape index (κ2) is 6.82. The Kier molecular flexibility index (Phi) is 4.32. The van der Waals surface area contributed by atoms with Gasteiger partial charge in [0, 0.05) is 28.4 Å². The minimum atomic E-state index is -0.498. The molecule has 4 rings (SSSR count). The molecule has 9 nitrogen and oxygen atoms in total. The first-order valence-corrected chi connectivity index (χ1v) is 9.10. The number of benzene rings is 2. The van der Waals surface area contributed by atoms with Crippen molar-refractivity contribution >= 4 is 33.6 Å². The standard InChI is InChI=1S/C18H14N6O3S/c1-10-6-7-12(9-15(10)24(26)27)16(25)19-14-5-3-4-13(8-14)17-22-23-11(2)20-21-18(23)28-17/h3-9H,1-2H3,(H,19,25). The highest BCUT2D eigenvalue weighted by Crippen LogP contribution is 2.28. The van der Waals surface area contributed by atoms with Crippen LogP contribution in [0.2, 0.25) is 0 Å². The molecule has 0 radical (unpaired) electrons. The van der Waals surface area contributed by atoms with Gasteiger partial charge >= 0.3 is 0 Å². The average Bonchev–Trinajstić information content (AvgIpc) is 3.24. The Bertz CT molecular complexity index is 1230. The summed E-state index contributed by atoms with van der Waals surface area (Å²) in [7, 11) is 0. The molecule has 0 unspecified atom stereocenters. The molecule has 0 saturated carbocycles. The zero-order valence-corrected chi connectivity index (χ0v) is 15.7. The highest BCUT2D eigenvalue weighted by Gasteiger charge is 2.16. The van der Waals surface area contributed by atoms with Crippen molar-refractivity contribution in [1.29, 1.82) is 0 Å². The molecule has 1 N–H and O–H groups in total. The molecule has 10 heteroatoms. The molecule has 0 aliphatic carbocycles. The number of amides is 1. The van der Waals surface area contributed by atoms with Crippen molar-refractivity contribution in [3.63, 3.8) is 0 Å². The molecular weight excluding hydrogens is 380 g/mol. The van der Waals surface area contributed by atoms with E-state index in [2.05, 4.69) is 20.6 Å². The van der Waals surface area contributed by atoms with Crippen LogP contribution < -0.4 is 5.32 Å². The van der Waals surface area contributed by atoms with Crippen LogP contribution in [0, 0.1) is 24.0 Å². The van der Waals surface area contributed by atoms with Crippen LogP contribution in [0.25, 0.3) is 15.5 Å². The van der Waals surface area contributed by atoms with E-state index in [0.717, 1.165) is 10.6 Å². The van der Waals surface area contributed by atoms with Gasteiger partial charge in [-0.25, -0.2) is 0 Å². The fourth-order valence-electron chi connectivity index (χ4n) is 2.71. The van der Waals surface area contributed by atoms with Gasteiger partial charge in [0.15, 0.2) is 5.82 Å². The topological polar surface area (TPSA) is 115 Å². The summed E-state index contributed by atoms with van der Waals surface area (Å²) in [6.45, 7) is 3.45. The van der Waals surface area contributed by atoms with Crippen LogP contribution in [0.5, 0.6) is 0 Å². The van der Waals surface area contributed by atoms with Crippen LogP contribution in [-0.2, 0) is 0 Å². The predicted octanol–water partition coefficient (Wildman–Crippen LogP) is 3.63. The van der Waals surface area contributed by atoms with Gasteiger partial charge in [-0.1, -0.05) is 29.5 Å². The Morgan fingerprint density at radius 1 is 1.18 bits per heavy atom. The first-order chi connectivity index (χ1) is 13.4. The summed E-state index contributed by atoms with van der Waals surface area (Å²) < 4.78 is 1.66. The molecular formula is C18H14N6O3S. The maximum absolute atomic E-state index is 12.5. The summed E-state index contributed by atoms with van der Waals surface area (Å²) in [4.78, 5) is 23.8. The first-order valence-electron chi connectivity index (χ1n) is 8.28. The Hall–Kier alpha value is -3.66. The molecule has 0 aliphatic heterocycles. The van der Waals surface area contributed by atoms with Crippen LogP contribution >= 0.6 is 11.3 Å². The van der Waals surface area contributed by atoms with Gasteiger partial charge in [0.25, 0.3) is 11.6 Å². The summed E-state index contributed by atoms with van der Waals surface area (Å²) in [5, 5.41) is 27.1. The van der Waals surface area contributed by atoms with E-state index >= 15 is 0 Å². The van der Waals surface area contributed by atoms with Crippen LogP contribution in [0.15, 0.2) is 42.5 Å². The van der Waals surface area contributed by atoms with E-state index in [1.54, 1.807) is 41.8 Å². The lowest BCUT2D eigenvalue weighted by Crippen LogP contribution is -2.12. The third kappa shape index (κ3) is 3.21. The number of hydrogen-bond acceptors (Lipinski definition) is 7. The van der Waals surface area contributed by atoms with Gasteiger partial charge in [0.1, 0.15) is 5.01 Å². The second-order valence-electron chi connectivity index (χ2n) is 6.14. The number of aromatic nitrogens is 4. The predicted molar refractivity (Wildman–Crippen MR) is 105 cm³/mol. The van der Waals surface area contributed by atoms with E-state index in [9.17, 15) is 14.9 Å². The average molecular weight is 394 g/mol. The van der Waals surface area contributed by atoms with Gasteiger partial charge in [0.05, 0.1) is 4.92 Å². The molecule has 0 fully saturated rings. The van der Waals surface area contributed by atoms with Gasteiger partial charge in [-0.3, -0.25) is 14.9 Å². The van der Waals surface area contributed by atoms with Crippen molar-refractivity contribution in [1.82, 2.24) is 19.8 Å². The smallest absolute Gasteiger partial charge is 0.273 e. The van der Waals surface area contributed by atoms with Crippen molar-refractivity contribution in [2.75, 3.05) is 5.32 Å². The number of nitro groups is 1. The fraction of sp³-hybridized carbons (Fsp3) is 0.111. The van der Waals surface area contributed by atoms with E-state index in [1.807, 2.05) is 13.0 Å². The fourth-order valence-corrected chi connectivity index (χ4v) is 3.59. The number of nitrogens with zero attached hydrogens (tertiary/aromatic N) is 5. The Morgan fingerprint density at radius 2 is 2.00 bits per heavy atom. The second-order valence-corrected chi connectivity index (χ2v) is 7.10. The number of anilines is 1. The minimum absolute atomic E-state index is 0.0866. The van der Waals surface area contributed by atoms with Crippen molar-refractivity contribution in [2.45, 2.75) is 13.8 Å². The SMILES string of the molecule is Cc1ccc(C(=O)Nc2cccc(-c3nn4c(C)nnc4s3)c2)cc1[N+](=O)[O-]. The summed E-state index contributed by atoms with van der Waals surface area (Å²) in [5.41, 5.74) is 2.02. The first kappa shape index (κ1) is 17.7. The maximum atomic E-state index is 12.5. The zero-order valence-electron chi connectivity index (χ0n) is 14.9. The number of carbonyl (C=O) groups is 1. The molecule has 2 aromatic heterocycles. The van der Waals surface area contributed by atoms with Crippen LogP contribution in [0.1, 0.15) is 21.7 Å². The molecule has 0 bridgehead atoms. The van der Waals surface area contributed by atoms with Crippen LogP contribution in [0.4, 0.5) is 11.4 Å².